The van der Waals surface area contributed by atoms with Gasteiger partial charge in [0.1, 0.15) is 5.00 Å². The summed E-state index contributed by atoms with van der Waals surface area (Å²) in [6.45, 7) is 5.34. The van der Waals surface area contributed by atoms with Gasteiger partial charge in [-0.3, -0.25) is 4.79 Å². The van der Waals surface area contributed by atoms with Crippen LogP contribution in [0, 0.1) is 13.8 Å². The van der Waals surface area contributed by atoms with Gasteiger partial charge in [0.2, 0.25) is 5.91 Å². The number of hydrogen-bond donors (Lipinski definition) is 2. The lowest BCUT2D eigenvalue weighted by Crippen LogP contribution is -2.15. The van der Waals surface area contributed by atoms with Crippen LogP contribution < -0.4 is 5.32 Å². The smallest absolute Gasteiger partial charge is 0.341 e. The van der Waals surface area contributed by atoms with E-state index in [9.17, 15) is 9.59 Å². The molecular weight excluding hydrogens is 266 g/mol. The summed E-state index contributed by atoms with van der Waals surface area (Å²) >= 11 is 1.35. The molecule has 1 heterocycles. The van der Waals surface area contributed by atoms with Crippen LogP contribution >= 0.6 is 11.3 Å². The first kappa shape index (κ1) is 15.7. The maximum atomic E-state index is 11.7. The van der Waals surface area contributed by atoms with Gasteiger partial charge >= 0.3 is 5.97 Å². The average Bonchev–Trinajstić information content (AvgIpc) is 2.61. The highest BCUT2D eigenvalue weighted by atomic mass is 32.1. The number of carbonyl (C=O) groups is 2. The van der Waals surface area contributed by atoms with Crippen molar-refractivity contribution in [3.63, 3.8) is 0 Å². The molecule has 1 unspecified atom stereocenters. The normalized spacial score (nSPS) is 12.1. The van der Waals surface area contributed by atoms with E-state index < -0.39 is 12.1 Å². The molecule has 1 aromatic heterocycles. The number of aliphatic hydroxyl groups is 1. The molecule has 0 spiro atoms. The summed E-state index contributed by atoms with van der Waals surface area (Å²) in [7, 11) is 1.31. The molecule has 0 radical (unpaired) electrons. The number of rotatable bonds is 5. The molecule has 106 valence electrons. The van der Waals surface area contributed by atoms with Gasteiger partial charge in [0, 0.05) is 11.3 Å². The molecule has 2 N–H and O–H groups in total. The van der Waals surface area contributed by atoms with Gasteiger partial charge in [0.25, 0.3) is 0 Å². The summed E-state index contributed by atoms with van der Waals surface area (Å²) in [4.78, 5) is 24.4. The van der Waals surface area contributed by atoms with Gasteiger partial charge < -0.3 is 15.2 Å². The second-order valence-electron chi connectivity index (χ2n) is 4.41. The Kier molecular flexibility index (Phi) is 5.50. The fraction of sp³-hybridized carbons (Fsp3) is 0.538. The van der Waals surface area contributed by atoms with Crippen LogP contribution in [-0.2, 0) is 9.53 Å². The third-order valence-electron chi connectivity index (χ3n) is 2.82. The molecule has 19 heavy (non-hydrogen) atoms. The fourth-order valence-corrected chi connectivity index (χ4v) is 2.66. The van der Waals surface area contributed by atoms with Crippen molar-refractivity contribution in [1.82, 2.24) is 0 Å². The van der Waals surface area contributed by atoms with E-state index >= 15 is 0 Å². The highest BCUT2D eigenvalue weighted by Crippen LogP contribution is 2.33. The standard InChI is InChI=1S/C13H19NO4S/c1-7(15)5-6-10(16)14-12-11(13(17)18-4)8(2)9(3)19-12/h7,15H,5-6H2,1-4H3,(H,14,16). The topological polar surface area (TPSA) is 75.6 Å². The first-order chi connectivity index (χ1) is 8.86. The predicted octanol–water partition coefficient (Wildman–Crippen LogP) is 2.25. The van der Waals surface area contributed by atoms with Crippen molar-refractivity contribution in [2.45, 2.75) is 39.7 Å². The minimum atomic E-state index is -0.516. The minimum absolute atomic E-state index is 0.215. The van der Waals surface area contributed by atoms with Crippen molar-refractivity contribution in [3.05, 3.63) is 16.0 Å². The first-order valence-corrected chi connectivity index (χ1v) is 6.84. The summed E-state index contributed by atoms with van der Waals surface area (Å²) in [6.07, 6.45) is 0.0921. The number of aryl methyl sites for hydroxylation is 1. The monoisotopic (exact) mass is 285 g/mol. The molecule has 6 heteroatoms. The van der Waals surface area contributed by atoms with Gasteiger partial charge in [-0.1, -0.05) is 0 Å². The van der Waals surface area contributed by atoms with Crippen molar-refractivity contribution in [1.29, 1.82) is 0 Å². The van der Waals surface area contributed by atoms with Crippen LogP contribution in [0.5, 0.6) is 0 Å². The van der Waals surface area contributed by atoms with Crippen molar-refractivity contribution >= 4 is 28.2 Å². The number of thiophene rings is 1. The van der Waals surface area contributed by atoms with Crippen molar-refractivity contribution in [3.8, 4) is 0 Å². The summed E-state index contributed by atoms with van der Waals surface area (Å²) in [6, 6.07) is 0. The van der Waals surface area contributed by atoms with Gasteiger partial charge in [0.05, 0.1) is 18.8 Å². The molecule has 0 aliphatic carbocycles. The van der Waals surface area contributed by atoms with Gasteiger partial charge in [-0.05, 0) is 32.8 Å². The number of amides is 1. The van der Waals surface area contributed by atoms with Crippen molar-refractivity contribution in [2.75, 3.05) is 12.4 Å². The molecule has 1 amide bonds. The van der Waals surface area contributed by atoms with Crippen LogP contribution in [0.15, 0.2) is 0 Å². The molecular formula is C13H19NO4S. The Morgan fingerprint density at radius 3 is 2.58 bits per heavy atom. The molecule has 0 bridgehead atoms. The first-order valence-electron chi connectivity index (χ1n) is 6.03. The van der Waals surface area contributed by atoms with E-state index in [4.69, 9.17) is 9.84 Å². The summed E-state index contributed by atoms with van der Waals surface area (Å²) in [5.41, 5.74) is 1.23. The van der Waals surface area contributed by atoms with Crippen LogP contribution in [-0.4, -0.2) is 30.2 Å². The zero-order chi connectivity index (χ0) is 14.6. The minimum Gasteiger partial charge on any atom is -0.465 e. The zero-order valence-electron chi connectivity index (χ0n) is 11.6. The molecule has 0 saturated carbocycles. The van der Waals surface area contributed by atoms with E-state index in [1.165, 1.54) is 18.4 Å². The lowest BCUT2D eigenvalue weighted by Gasteiger charge is -2.07. The third-order valence-corrected chi connectivity index (χ3v) is 3.94. The number of carbonyl (C=O) groups excluding carboxylic acids is 2. The second-order valence-corrected chi connectivity index (χ2v) is 5.64. The van der Waals surface area contributed by atoms with E-state index in [2.05, 4.69) is 5.32 Å². The lowest BCUT2D eigenvalue weighted by molar-refractivity contribution is -0.116. The number of anilines is 1. The zero-order valence-corrected chi connectivity index (χ0v) is 12.4. The molecule has 0 aliphatic heterocycles. The molecule has 0 fully saturated rings. The van der Waals surface area contributed by atoms with Gasteiger partial charge in [-0.15, -0.1) is 11.3 Å². The quantitative estimate of drug-likeness (QED) is 0.814. The highest BCUT2D eigenvalue weighted by Gasteiger charge is 2.21. The number of methoxy groups -OCH3 is 1. The Balaban J connectivity index is 2.86. The van der Waals surface area contributed by atoms with Crippen molar-refractivity contribution in [2.24, 2.45) is 0 Å². The van der Waals surface area contributed by atoms with E-state index in [0.717, 1.165) is 10.4 Å². The average molecular weight is 285 g/mol. The number of esters is 1. The number of ether oxygens (including phenoxy) is 1. The Morgan fingerprint density at radius 1 is 1.42 bits per heavy atom. The Bertz CT molecular complexity index is 479. The van der Waals surface area contributed by atoms with Crippen LogP contribution in [0.1, 0.15) is 40.6 Å². The summed E-state index contributed by atoms with van der Waals surface area (Å²) in [5.74, 6) is -0.667. The third kappa shape index (κ3) is 4.04. The van der Waals surface area contributed by atoms with Gasteiger partial charge in [0.15, 0.2) is 0 Å². The van der Waals surface area contributed by atoms with Crippen LogP contribution in [0.25, 0.3) is 0 Å². The molecule has 1 rings (SSSR count). The number of aliphatic hydroxyl groups excluding tert-OH is 1. The largest absolute Gasteiger partial charge is 0.465 e. The van der Waals surface area contributed by atoms with E-state index in [0.29, 0.717) is 17.0 Å². The van der Waals surface area contributed by atoms with Gasteiger partial charge in [-0.25, -0.2) is 4.79 Å². The predicted molar refractivity (Wildman–Crippen MR) is 74.7 cm³/mol. The van der Waals surface area contributed by atoms with Crippen LogP contribution in [0.4, 0.5) is 5.00 Å². The molecule has 1 aromatic rings. The summed E-state index contributed by atoms with van der Waals surface area (Å²) < 4.78 is 4.73. The Labute approximate surface area is 116 Å². The van der Waals surface area contributed by atoms with E-state index in [1.807, 2.05) is 13.8 Å². The maximum absolute atomic E-state index is 11.7. The van der Waals surface area contributed by atoms with Crippen molar-refractivity contribution < 1.29 is 19.4 Å². The SMILES string of the molecule is COC(=O)c1c(NC(=O)CCC(C)O)sc(C)c1C. The van der Waals surface area contributed by atoms with E-state index in [-0.39, 0.29) is 12.3 Å². The molecule has 0 saturated heterocycles. The van der Waals surface area contributed by atoms with Crippen LogP contribution in [0.2, 0.25) is 0 Å². The molecule has 0 aromatic carbocycles. The van der Waals surface area contributed by atoms with E-state index in [1.54, 1.807) is 6.92 Å². The number of hydrogen-bond acceptors (Lipinski definition) is 5. The molecule has 5 nitrogen and oxygen atoms in total. The Hall–Kier alpha value is -1.40. The maximum Gasteiger partial charge on any atom is 0.341 e. The highest BCUT2D eigenvalue weighted by molar-refractivity contribution is 7.16. The van der Waals surface area contributed by atoms with Crippen LogP contribution in [0.3, 0.4) is 0 Å². The second kappa shape index (κ2) is 6.68. The Morgan fingerprint density at radius 2 is 2.05 bits per heavy atom. The molecule has 0 aliphatic rings. The van der Waals surface area contributed by atoms with Gasteiger partial charge in [-0.2, -0.15) is 0 Å². The number of nitrogens with one attached hydrogen (secondary N) is 1. The summed E-state index contributed by atoms with van der Waals surface area (Å²) in [5, 5.41) is 12.4. The molecule has 1 atom stereocenters. The fourth-order valence-electron chi connectivity index (χ4n) is 1.59. The lowest BCUT2D eigenvalue weighted by atomic mass is 10.1.